The van der Waals surface area contributed by atoms with Gasteiger partial charge in [0.15, 0.2) is 0 Å². The summed E-state index contributed by atoms with van der Waals surface area (Å²) in [6, 6.07) is 3.66. The number of carbonyl (C=O) groups excluding carboxylic acids is 3. The first-order valence-corrected chi connectivity index (χ1v) is 8.14. The van der Waals surface area contributed by atoms with Crippen LogP contribution in [0.15, 0.2) is 18.3 Å². The molecule has 6 heteroatoms. The minimum absolute atomic E-state index is 0.0958. The molecule has 0 radical (unpaired) electrons. The summed E-state index contributed by atoms with van der Waals surface area (Å²) in [5.74, 6) is -0.217. The van der Waals surface area contributed by atoms with E-state index in [0.717, 1.165) is 31.2 Å². The third-order valence-corrected chi connectivity index (χ3v) is 4.76. The van der Waals surface area contributed by atoms with Crippen LogP contribution in [0.1, 0.15) is 37.7 Å². The zero-order chi connectivity index (χ0) is 16.4. The van der Waals surface area contributed by atoms with Gasteiger partial charge in [0.05, 0.1) is 11.8 Å². The fraction of sp³-hybridized carbons (Fsp3) is 0.529. The summed E-state index contributed by atoms with van der Waals surface area (Å²) in [6.07, 6.45) is 5.32. The molecule has 1 saturated heterocycles. The highest BCUT2D eigenvalue weighted by atomic mass is 16.2. The molecular formula is C17H21N3O3. The molecule has 2 unspecified atom stereocenters. The number of hydrogen-bond donors (Lipinski definition) is 1. The average Bonchev–Trinajstić information content (AvgIpc) is 2.80. The van der Waals surface area contributed by atoms with Gasteiger partial charge >= 0.3 is 0 Å². The minimum atomic E-state index is -0.234. The lowest BCUT2D eigenvalue weighted by atomic mass is 9.81. The van der Waals surface area contributed by atoms with Crippen molar-refractivity contribution in [1.82, 2.24) is 9.88 Å². The van der Waals surface area contributed by atoms with Crippen LogP contribution in [0.5, 0.6) is 0 Å². The smallest absolute Gasteiger partial charge is 0.233 e. The molecule has 2 heterocycles. The van der Waals surface area contributed by atoms with Crippen molar-refractivity contribution in [2.24, 2.45) is 11.8 Å². The number of carbonyl (C=O) groups is 3. The van der Waals surface area contributed by atoms with Crippen molar-refractivity contribution in [3.63, 3.8) is 0 Å². The minimum Gasteiger partial charge on any atom is -0.310 e. The number of nitrogens with zero attached hydrogens (tertiary/aromatic N) is 2. The van der Waals surface area contributed by atoms with Gasteiger partial charge in [0.2, 0.25) is 17.7 Å². The van der Waals surface area contributed by atoms with E-state index >= 15 is 0 Å². The molecule has 1 aromatic heterocycles. The van der Waals surface area contributed by atoms with E-state index in [4.69, 9.17) is 0 Å². The maximum Gasteiger partial charge on any atom is 0.233 e. The largest absolute Gasteiger partial charge is 0.310 e. The number of likely N-dealkylation sites (tertiary alicyclic amines) is 1. The highest BCUT2D eigenvalue weighted by Gasteiger charge is 2.47. The van der Waals surface area contributed by atoms with Gasteiger partial charge in [0, 0.05) is 19.2 Å². The Morgan fingerprint density at radius 2 is 1.91 bits per heavy atom. The maximum atomic E-state index is 12.3. The fourth-order valence-electron chi connectivity index (χ4n) is 3.48. The Hall–Kier alpha value is -2.24. The van der Waals surface area contributed by atoms with Gasteiger partial charge in [-0.2, -0.15) is 0 Å². The van der Waals surface area contributed by atoms with Crippen molar-refractivity contribution in [1.29, 1.82) is 0 Å². The lowest BCUT2D eigenvalue weighted by molar-refractivity contribution is -0.140. The number of pyridine rings is 1. The van der Waals surface area contributed by atoms with E-state index in [1.165, 1.54) is 4.90 Å². The van der Waals surface area contributed by atoms with Crippen LogP contribution in [0.2, 0.25) is 0 Å². The average molecular weight is 315 g/mol. The number of amides is 3. The SMILES string of the molecule is Cc1cccnc1NC(=O)CCN1C(=O)C2CCCCC2C1=O. The third kappa shape index (κ3) is 3.11. The van der Waals surface area contributed by atoms with Gasteiger partial charge < -0.3 is 5.32 Å². The first kappa shape index (κ1) is 15.6. The Morgan fingerprint density at radius 3 is 2.52 bits per heavy atom. The van der Waals surface area contributed by atoms with Gasteiger partial charge in [-0.15, -0.1) is 0 Å². The Balaban J connectivity index is 1.58. The van der Waals surface area contributed by atoms with E-state index < -0.39 is 0 Å². The molecule has 1 saturated carbocycles. The molecule has 0 bridgehead atoms. The first-order chi connectivity index (χ1) is 11.1. The van der Waals surface area contributed by atoms with Crippen molar-refractivity contribution in [3.05, 3.63) is 23.9 Å². The predicted octanol–water partition coefficient (Wildman–Crippen LogP) is 1.89. The molecule has 6 nitrogen and oxygen atoms in total. The van der Waals surface area contributed by atoms with Crippen molar-refractivity contribution >= 4 is 23.5 Å². The quantitative estimate of drug-likeness (QED) is 0.861. The topological polar surface area (TPSA) is 79.4 Å². The molecular weight excluding hydrogens is 294 g/mol. The second-order valence-electron chi connectivity index (χ2n) is 6.29. The highest BCUT2D eigenvalue weighted by molar-refractivity contribution is 6.05. The van der Waals surface area contributed by atoms with E-state index in [1.54, 1.807) is 12.3 Å². The zero-order valence-electron chi connectivity index (χ0n) is 13.2. The lowest BCUT2D eigenvalue weighted by Crippen LogP contribution is -2.34. The van der Waals surface area contributed by atoms with Gasteiger partial charge in [-0.25, -0.2) is 4.98 Å². The summed E-state index contributed by atoms with van der Waals surface area (Å²) in [5.41, 5.74) is 0.875. The molecule has 2 atom stereocenters. The molecule has 1 aromatic rings. The number of fused-ring (bicyclic) bond motifs is 1. The molecule has 1 aliphatic carbocycles. The van der Waals surface area contributed by atoms with Gasteiger partial charge in [-0.3, -0.25) is 19.3 Å². The van der Waals surface area contributed by atoms with E-state index in [-0.39, 0.29) is 42.5 Å². The maximum absolute atomic E-state index is 12.3. The van der Waals surface area contributed by atoms with E-state index in [9.17, 15) is 14.4 Å². The molecule has 2 fully saturated rings. The number of nitrogens with one attached hydrogen (secondary N) is 1. The van der Waals surface area contributed by atoms with Crippen molar-refractivity contribution in [3.8, 4) is 0 Å². The number of anilines is 1. The summed E-state index contributed by atoms with van der Waals surface area (Å²) in [7, 11) is 0. The summed E-state index contributed by atoms with van der Waals surface area (Å²) in [4.78, 5) is 42.1. The van der Waals surface area contributed by atoms with Crippen molar-refractivity contribution in [2.45, 2.75) is 39.0 Å². The van der Waals surface area contributed by atoms with Crippen LogP contribution < -0.4 is 5.32 Å². The van der Waals surface area contributed by atoms with Crippen LogP contribution in [0.3, 0.4) is 0 Å². The Kier molecular flexibility index (Phi) is 4.41. The number of hydrogen-bond acceptors (Lipinski definition) is 4. The number of aryl methyl sites for hydroxylation is 1. The second-order valence-corrected chi connectivity index (χ2v) is 6.29. The van der Waals surface area contributed by atoms with E-state index in [0.29, 0.717) is 5.82 Å². The van der Waals surface area contributed by atoms with Crippen LogP contribution in [0, 0.1) is 18.8 Å². The standard InChI is InChI=1S/C17H21N3O3/c1-11-5-4-9-18-15(11)19-14(21)8-10-20-16(22)12-6-2-3-7-13(12)17(20)23/h4-5,9,12-13H,2-3,6-8,10H2,1H3,(H,18,19,21). The van der Waals surface area contributed by atoms with Gasteiger partial charge in [0.25, 0.3) is 0 Å². The molecule has 1 aliphatic heterocycles. The summed E-state index contributed by atoms with van der Waals surface area (Å²) >= 11 is 0. The molecule has 0 spiro atoms. The van der Waals surface area contributed by atoms with Crippen LogP contribution in [0.25, 0.3) is 0 Å². The van der Waals surface area contributed by atoms with Gasteiger partial charge in [-0.1, -0.05) is 18.9 Å². The summed E-state index contributed by atoms with van der Waals surface area (Å²) in [6.45, 7) is 2.02. The normalized spacial score (nSPS) is 23.8. The molecule has 3 amide bonds. The molecule has 1 N–H and O–H groups in total. The Morgan fingerprint density at radius 1 is 1.26 bits per heavy atom. The monoisotopic (exact) mass is 315 g/mol. The van der Waals surface area contributed by atoms with Crippen LogP contribution >= 0.6 is 0 Å². The van der Waals surface area contributed by atoms with Gasteiger partial charge in [0.1, 0.15) is 5.82 Å². The molecule has 122 valence electrons. The molecule has 23 heavy (non-hydrogen) atoms. The lowest BCUT2D eigenvalue weighted by Gasteiger charge is -2.19. The molecule has 0 aromatic carbocycles. The Labute approximate surface area is 135 Å². The predicted molar refractivity (Wildman–Crippen MR) is 84.4 cm³/mol. The van der Waals surface area contributed by atoms with E-state index in [1.807, 2.05) is 13.0 Å². The second kappa shape index (κ2) is 6.48. The summed E-state index contributed by atoms with van der Waals surface area (Å²) in [5, 5.41) is 2.73. The van der Waals surface area contributed by atoms with Crippen LogP contribution in [-0.4, -0.2) is 34.2 Å². The number of imide groups is 1. The molecule has 2 aliphatic rings. The highest BCUT2D eigenvalue weighted by Crippen LogP contribution is 2.37. The van der Waals surface area contributed by atoms with Crippen LogP contribution in [-0.2, 0) is 14.4 Å². The fourth-order valence-corrected chi connectivity index (χ4v) is 3.48. The first-order valence-electron chi connectivity index (χ1n) is 8.14. The van der Waals surface area contributed by atoms with Gasteiger partial charge in [-0.05, 0) is 31.4 Å². The number of rotatable bonds is 4. The Bertz CT molecular complexity index is 620. The van der Waals surface area contributed by atoms with E-state index in [2.05, 4.69) is 10.3 Å². The zero-order valence-corrected chi connectivity index (χ0v) is 13.2. The van der Waals surface area contributed by atoms with Crippen LogP contribution in [0.4, 0.5) is 5.82 Å². The summed E-state index contributed by atoms with van der Waals surface area (Å²) < 4.78 is 0. The molecule has 3 rings (SSSR count). The number of aromatic nitrogens is 1. The van der Waals surface area contributed by atoms with Crippen molar-refractivity contribution < 1.29 is 14.4 Å². The third-order valence-electron chi connectivity index (χ3n) is 4.76. The van der Waals surface area contributed by atoms with Crippen molar-refractivity contribution in [2.75, 3.05) is 11.9 Å².